The van der Waals surface area contributed by atoms with Crippen molar-refractivity contribution in [2.45, 2.75) is 4.90 Å². The first kappa shape index (κ1) is 10.8. The molecule has 3 N–H and O–H groups in total. The summed E-state index contributed by atoms with van der Waals surface area (Å²) in [6, 6.07) is 8.51. The summed E-state index contributed by atoms with van der Waals surface area (Å²) in [5, 5.41) is 0. The van der Waals surface area contributed by atoms with E-state index in [1.807, 2.05) is 6.07 Å². The lowest BCUT2D eigenvalue weighted by Gasteiger charge is -2.01. The zero-order valence-corrected chi connectivity index (χ0v) is 9.58. The Bertz CT molecular complexity index is 614. The van der Waals surface area contributed by atoms with Crippen molar-refractivity contribution >= 4 is 15.5 Å². The topological polar surface area (TPSA) is 75.9 Å². The number of aromatic nitrogens is 1. The Labute approximate surface area is 94.0 Å². The molecule has 1 aromatic heterocycles. The number of rotatable bonds is 2. The van der Waals surface area contributed by atoms with Gasteiger partial charge in [0.15, 0.2) is 9.84 Å². The second kappa shape index (κ2) is 3.68. The van der Waals surface area contributed by atoms with Crippen molar-refractivity contribution in [1.82, 2.24) is 4.98 Å². The molecule has 0 unspecified atom stereocenters. The summed E-state index contributed by atoms with van der Waals surface area (Å²) >= 11 is 0. The Morgan fingerprint density at radius 2 is 2.00 bits per heavy atom. The molecule has 84 valence electrons. The van der Waals surface area contributed by atoms with Gasteiger partial charge in [-0.25, -0.2) is 8.42 Å². The van der Waals surface area contributed by atoms with Gasteiger partial charge in [-0.05, 0) is 23.8 Å². The number of aromatic amines is 1. The summed E-state index contributed by atoms with van der Waals surface area (Å²) in [4.78, 5) is 3.28. The van der Waals surface area contributed by atoms with Gasteiger partial charge < -0.3 is 10.7 Å². The maximum Gasteiger partial charge on any atom is 0.175 e. The molecule has 0 aliphatic rings. The molecule has 0 amide bonds. The van der Waals surface area contributed by atoms with Gasteiger partial charge in [-0.2, -0.15) is 0 Å². The molecule has 0 radical (unpaired) electrons. The van der Waals surface area contributed by atoms with Crippen LogP contribution in [0.3, 0.4) is 0 Å². The first-order valence-corrected chi connectivity index (χ1v) is 6.60. The van der Waals surface area contributed by atoms with E-state index in [0.29, 0.717) is 10.6 Å². The van der Waals surface area contributed by atoms with Gasteiger partial charge in [0.1, 0.15) is 0 Å². The van der Waals surface area contributed by atoms with Gasteiger partial charge in [-0.1, -0.05) is 12.1 Å². The molecular weight excluding hydrogens is 224 g/mol. The molecule has 2 aromatic rings. The van der Waals surface area contributed by atoms with Gasteiger partial charge in [0.25, 0.3) is 0 Å². The van der Waals surface area contributed by atoms with Crippen LogP contribution in [-0.2, 0) is 9.84 Å². The lowest BCUT2D eigenvalue weighted by Crippen LogP contribution is -1.96. The average Bonchev–Trinajstić information content (AvgIpc) is 2.64. The highest BCUT2D eigenvalue weighted by atomic mass is 32.2. The first-order chi connectivity index (χ1) is 7.47. The lowest BCUT2D eigenvalue weighted by molar-refractivity contribution is 0.602. The smallest absolute Gasteiger partial charge is 0.175 e. The lowest BCUT2D eigenvalue weighted by atomic mass is 10.1. The van der Waals surface area contributed by atoms with Gasteiger partial charge in [-0.15, -0.1) is 0 Å². The fourth-order valence-corrected chi connectivity index (χ4v) is 2.14. The quantitative estimate of drug-likeness (QED) is 0.832. The highest BCUT2D eigenvalue weighted by Crippen LogP contribution is 2.22. The fourth-order valence-electron chi connectivity index (χ4n) is 1.47. The van der Waals surface area contributed by atoms with Crippen LogP contribution < -0.4 is 5.73 Å². The van der Waals surface area contributed by atoms with Crippen LogP contribution in [0.2, 0.25) is 0 Å². The summed E-state index contributed by atoms with van der Waals surface area (Å²) in [5.41, 5.74) is 7.83. The molecule has 1 aromatic carbocycles. The predicted octanol–water partition coefficient (Wildman–Crippen LogP) is 1.67. The number of sulfone groups is 1. The summed E-state index contributed by atoms with van der Waals surface area (Å²) in [7, 11) is -3.17. The number of H-pyrrole nitrogens is 1. The highest BCUT2D eigenvalue weighted by Gasteiger charge is 2.08. The SMILES string of the molecule is CS(=O)(=O)c1cccc(-c2cc(N)c[nH]2)c1. The molecule has 5 heteroatoms. The molecule has 0 saturated carbocycles. The zero-order chi connectivity index (χ0) is 11.8. The number of hydrogen-bond acceptors (Lipinski definition) is 3. The predicted molar refractivity (Wildman–Crippen MR) is 63.8 cm³/mol. The van der Waals surface area contributed by atoms with E-state index in [-0.39, 0.29) is 0 Å². The first-order valence-electron chi connectivity index (χ1n) is 4.71. The van der Waals surface area contributed by atoms with E-state index in [0.717, 1.165) is 11.3 Å². The molecule has 1 heterocycles. The average molecular weight is 236 g/mol. The molecular formula is C11H12N2O2S. The van der Waals surface area contributed by atoms with Crippen molar-refractivity contribution in [3.8, 4) is 11.3 Å². The highest BCUT2D eigenvalue weighted by molar-refractivity contribution is 7.90. The Hall–Kier alpha value is -1.75. The molecule has 0 bridgehead atoms. The van der Waals surface area contributed by atoms with Crippen LogP contribution in [-0.4, -0.2) is 19.7 Å². The molecule has 0 aliphatic carbocycles. The zero-order valence-electron chi connectivity index (χ0n) is 8.77. The Kier molecular flexibility index (Phi) is 2.47. The van der Waals surface area contributed by atoms with Crippen molar-refractivity contribution in [3.05, 3.63) is 36.5 Å². The number of nitrogen functional groups attached to an aromatic ring is 1. The third-order valence-corrected chi connectivity index (χ3v) is 3.39. The monoisotopic (exact) mass is 236 g/mol. The molecule has 0 saturated heterocycles. The van der Waals surface area contributed by atoms with Gasteiger partial charge in [0.05, 0.1) is 4.90 Å². The molecule has 4 nitrogen and oxygen atoms in total. The van der Waals surface area contributed by atoms with Gasteiger partial charge in [0, 0.05) is 23.8 Å². The minimum atomic E-state index is -3.17. The summed E-state index contributed by atoms with van der Waals surface area (Å²) in [6.07, 6.45) is 2.86. The molecule has 16 heavy (non-hydrogen) atoms. The van der Waals surface area contributed by atoms with E-state index >= 15 is 0 Å². The second-order valence-corrected chi connectivity index (χ2v) is 5.66. The molecule has 0 fully saturated rings. The van der Waals surface area contributed by atoms with Crippen LogP contribution in [0.1, 0.15) is 0 Å². The van der Waals surface area contributed by atoms with Gasteiger partial charge >= 0.3 is 0 Å². The van der Waals surface area contributed by atoms with Crippen molar-refractivity contribution in [3.63, 3.8) is 0 Å². The molecule has 0 aliphatic heterocycles. The molecule has 2 rings (SSSR count). The Balaban J connectivity index is 2.52. The van der Waals surface area contributed by atoms with Gasteiger partial charge in [0.2, 0.25) is 0 Å². The number of benzene rings is 1. The Morgan fingerprint density at radius 1 is 1.25 bits per heavy atom. The number of hydrogen-bond donors (Lipinski definition) is 2. The van der Waals surface area contributed by atoms with E-state index < -0.39 is 9.84 Å². The van der Waals surface area contributed by atoms with Crippen molar-refractivity contribution in [1.29, 1.82) is 0 Å². The minimum absolute atomic E-state index is 0.304. The molecule has 0 spiro atoms. The van der Waals surface area contributed by atoms with E-state index in [9.17, 15) is 8.42 Å². The van der Waals surface area contributed by atoms with Crippen LogP contribution >= 0.6 is 0 Å². The number of nitrogens with one attached hydrogen (secondary N) is 1. The summed E-state index contributed by atoms with van der Waals surface area (Å²) in [5.74, 6) is 0. The summed E-state index contributed by atoms with van der Waals surface area (Å²) < 4.78 is 22.8. The van der Waals surface area contributed by atoms with Crippen LogP contribution in [0.5, 0.6) is 0 Å². The maximum absolute atomic E-state index is 11.4. The largest absolute Gasteiger partial charge is 0.397 e. The fraction of sp³-hybridized carbons (Fsp3) is 0.0909. The standard InChI is InChI=1S/C11H12N2O2S/c1-16(14,15)10-4-2-3-8(5-10)11-6-9(12)7-13-11/h2-7,13H,12H2,1H3. The van der Waals surface area contributed by atoms with Crippen molar-refractivity contribution < 1.29 is 8.42 Å². The minimum Gasteiger partial charge on any atom is -0.397 e. The van der Waals surface area contributed by atoms with E-state index in [4.69, 9.17) is 5.73 Å². The third-order valence-electron chi connectivity index (χ3n) is 2.28. The third kappa shape index (κ3) is 2.09. The van der Waals surface area contributed by atoms with E-state index in [2.05, 4.69) is 4.98 Å². The Morgan fingerprint density at radius 3 is 2.56 bits per heavy atom. The normalized spacial score (nSPS) is 11.6. The molecule has 0 atom stereocenters. The van der Waals surface area contributed by atoms with Gasteiger partial charge in [-0.3, -0.25) is 0 Å². The number of anilines is 1. The van der Waals surface area contributed by atoms with Crippen LogP contribution in [0.4, 0.5) is 5.69 Å². The summed E-state index contributed by atoms with van der Waals surface area (Å²) in [6.45, 7) is 0. The van der Waals surface area contributed by atoms with Crippen molar-refractivity contribution in [2.75, 3.05) is 12.0 Å². The van der Waals surface area contributed by atoms with Crippen LogP contribution in [0.25, 0.3) is 11.3 Å². The van der Waals surface area contributed by atoms with Crippen molar-refractivity contribution in [2.24, 2.45) is 0 Å². The second-order valence-electron chi connectivity index (χ2n) is 3.65. The van der Waals surface area contributed by atoms with Crippen LogP contribution in [0, 0.1) is 0 Å². The van der Waals surface area contributed by atoms with Crippen LogP contribution in [0.15, 0.2) is 41.4 Å². The maximum atomic E-state index is 11.4. The van der Waals surface area contributed by atoms with E-state index in [1.165, 1.54) is 6.26 Å². The number of nitrogens with two attached hydrogens (primary N) is 1. The van der Waals surface area contributed by atoms with E-state index in [1.54, 1.807) is 30.5 Å².